The average Bonchev–Trinajstić information content (AvgIpc) is 3.37. The van der Waals surface area contributed by atoms with Crippen LogP contribution < -0.4 is 10.1 Å². The van der Waals surface area contributed by atoms with Gasteiger partial charge in [0.25, 0.3) is 0 Å². The first kappa shape index (κ1) is 21.3. The first-order valence-corrected chi connectivity index (χ1v) is 11.6. The summed E-state index contributed by atoms with van der Waals surface area (Å²) in [6.07, 6.45) is -3.46. The molecule has 0 spiro atoms. The topological polar surface area (TPSA) is 38.3 Å². The molecule has 0 aliphatic heterocycles. The zero-order valence-electron chi connectivity index (χ0n) is 18.6. The van der Waals surface area contributed by atoms with Crippen molar-refractivity contribution >= 4 is 5.91 Å². The van der Waals surface area contributed by atoms with E-state index in [0.29, 0.717) is 12.2 Å². The van der Waals surface area contributed by atoms with Crippen LogP contribution in [0.3, 0.4) is 0 Å². The summed E-state index contributed by atoms with van der Waals surface area (Å²) in [5.74, 6) is -1.23. The molecule has 0 radical (unpaired) electrons. The number of carbonyl (C=O) groups excluding carboxylic acids is 1. The number of hydrogen-bond donors (Lipinski definition) is 1. The van der Waals surface area contributed by atoms with Crippen molar-refractivity contribution < 1.29 is 22.7 Å². The summed E-state index contributed by atoms with van der Waals surface area (Å²) in [6, 6.07) is 21.4. The monoisotopic (exact) mass is 463 g/mol. The van der Waals surface area contributed by atoms with Crippen LogP contribution in [0.2, 0.25) is 0 Å². The van der Waals surface area contributed by atoms with Crippen LogP contribution in [0, 0.1) is 11.8 Å². The lowest BCUT2D eigenvalue weighted by Gasteiger charge is -2.32. The number of amides is 1. The van der Waals surface area contributed by atoms with E-state index in [9.17, 15) is 18.0 Å². The van der Waals surface area contributed by atoms with Crippen LogP contribution in [-0.2, 0) is 17.6 Å². The molecule has 3 aliphatic rings. The van der Waals surface area contributed by atoms with Crippen molar-refractivity contribution in [2.45, 2.75) is 36.9 Å². The Balaban J connectivity index is 1.59. The van der Waals surface area contributed by atoms with Gasteiger partial charge in [0, 0.05) is 5.92 Å². The molecule has 174 valence electrons. The van der Waals surface area contributed by atoms with Gasteiger partial charge in [0.2, 0.25) is 0 Å². The Morgan fingerprint density at radius 2 is 1.50 bits per heavy atom. The van der Waals surface area contributed by atoms with Gasteiger partial charge in [-0.25, -0.2) is 0 Å². The van der Waals surface area contributed by atoms with E-state index in [1.165, 1.54) is 16.7 Å². The summed E-state index contributed by atoms with van der Waals surface area (Å²) in [4.78, 5) is 12.2. The molecule has 0 saturated carbocycles. The van der Waals surface area contributed by atoms with Gasteiger partial charge in [0.15, 0.2) is 0 Å². The zero-order chi connectivity index (χ0) is 23.6. The molecule has 6 rings (SSSR count). The van der Waals surface area contributed by atoms with Crippen LogP contribution >= 0.6 is 0 Å². The highest BCUT2D eigenvalue weighted by atomic mass is 19.4. The number of halogens is 3. The number of benzene rings is 3. The Bertz CT molecular complexity index is 1280. The first-order valence-electron chi connectivity index (χ1n) is 11.6. The van der Waals surface area contributed by atoms with Crippen LogP contribution in [0.15, 0.2) is 66.7 Å². The third-order valence-electron chi connectivity index (χ3n) is 8.00. The number of fused-ring (bicyclic) bond motifs is 9. The molecule has 0 fully saturated rings. The van der Waals surface area contributed by atoms with E-state index in [4.69, 9.17) is 4.74 Å². The maximum absolute atomic E-state index is 13.4. The van der Waals surface area contributed by atoms with E-state index >= 15 is 0 Å². The van der Waals surface area contributed by atoms with E-state index in [2.05, 4.69) is 29.6 Å². The van der Waals surface area contributed by atoms with Gasteiger partial charge in [-0.3, -0.25) is 4.79 Å². The number of methoxy groups -OCH3 is 1. The van der Waals surface area contributed by atoms with Crippen LogP contribution in [0.1, 0.15) is 51.3 Å². The van der Waals surface area contributed by atoms with Gasteiger partial charge in [-0.1, -0.05) is 54.6 Å². The Labute approximate surface area is 195 Å². The largest absolute Gasteiger partial charge is 0.497 e. The van der Waals surface area contributed by atoms with Gasteiger partial charge < -0.3 is 10.1 Å². The summed E-state index contributed by atoms with van der Waals surface area (Å²) >= 11 is 0. The van der Waals surface area contributed by atoms with Crippen molar-refractivity contribution in [3.05, 3.63) is 100 Å². The van der Waals surface area contributed by atoms with Crippen LogP contribution in [0.25, 0.3) is 0 Å². The second-order valence-corrected chi connectivity index (χ2v) is 9.58. The smallest absolute Gasteiger partial charge is 0.471 e. The molecule has 0 bridgehead atoms. The van der Waals surface area contributed by atoms with Gasteiger partial charge >= 0.3 is 12.1 Å². The fourth-order valence-electron chi connectivity index (χ4n) is 6.76. The summed E-state index contributed by atoms with van der Waals surface area (Å²) in [5.41, 5.74) is 6.58. The minimum atomic E-state index is -4.95. The first-order chi connectivity index (χ1) is 16.4. The predicted octanol–water partition coefficient (Wildman–Crippen LogP) is 5.69. The van der Waals surface area contributed by atoms with E-state index in [0.717, 1.165) is 23.1 Å². The van der Waals surface area contributed by atoms with Crippen LogP contribution in [0.4, 0.5) is 13.2 Å². The van der Waals surface area contributed by atoms with E-state index in [-0.39, 0.29) is 23.7 Å². The number of rotatable bonds is 2. The third kappa shape index (κ3) is 3.15. The molecule has 0 heterocycles. The Kier molecular flexibility index (Phi) is 4.77. The van der Waals surface area contributed by atoms with Crippen molar-refractivity contribution in [1.82, 2.24) is 5.32 Å². The molecular weight excluding hydrogens is 439 g/mol. The number of ether oxygens (including phenoxy) is 1. The number of nitrogens with one attached hydrogen (secondary N) is 1. The summed E-state index contributed by atoms with van der Waals surface area (Å²) < 4.78 is 45.7. The molecule has 0 saturated heterocycles. The SMILES string of the molecule is COc1ccc2c(c1)[C@H](NC(=O)C(F)(F)F)[C@H]1Cc3ccccc3[C@@H]1[C@@H]1Cc3ccccc3[C@H]21. The van der Waals surface area contributed by atoms with Gasteiger partial charge in [0.1, 0.15) is 5.75 Å². The average molecular weight is 463 g/mol. The summed E-state index contributed by atoms with van der Waals surface area (Å²) in [6.45, 7) is 0. The molecule has 34 heavy (non-hydrogen) atoms. The molecule has 3 aromatic rings. The lowest BCUT2D eigenvalue weighted by atomic mass is 9.74. The van der Waals surface area contributed by atoms with Crippen molar-refractivity contribution in [2.24, 2.45) is 11.8 Å². The van der Waals surface area contributed by atoms with E-state index in [1.54, 1.807) is 7.11 Å². The number of alkyl halides is 3. The molecule has 0 aromatic heterocycles. The predicted molar refractivity (Wildman–Crippen MR) is 122 cm³/mol. The molecule has 1 N–H and O–H groups in total. The van der Waals surface area contributed by atoms with E-state index in [1.807, 2.05) is 42.5 Å². The molecule has 1 amide bonds. The molecule has 3 nitrogen and oxygen atoms in total. The minimum Gasteiger partial charge on any atom is -0.497 e. The zero-order valence-corrected chi connectivity index (χ0v) is 18.6. The lowest BCUT2D eigenvalue weighted by Crippen LogP contribution is -2.42. The molecular formula is C28H24F3NO2. The van der Waals surface area contributed by atoms with Crippen molar-refractivity contribution in [3.63, 3.8) is 0 Å². The molecule has 5 atom stereocenters. The Hall–Kier alpha value is -3.28. The number of hydrogen-bond acceptors (Lipinski definition) is 2. The molecule has 0 unspecified atom stereocenters. The van der Waals surface area contributed by atoms with Crippen LogP contribution in [0.5, 0.6) is 5.75 Å². The second kappa shape index (κ2) is 7.62. The molecule has 6 heteroatoms. The second-order valence-electron chi connectivity index (χ2n) is 9.58. The van der Waals surface area contributed by atoms with E-state index < -0.39 is 18.1 Å². The molecule has 3 aliphatic carbocycles. The lowest BCUT2D eigenvalue weighted by molar-refractivity contribution is -0.174. The fourth-order valence-corrected chi connectivity index (χ4v) is 6.76. The van der Waals surface area contributed by atoms with Gasteiger partial charge in [-0.05, 0) is 76.1 Å². The standard InChI is InChI=1S/C28H24F3NO2/c1-34-17-10-11-20-21(14-17)26(32-27(33)28(29,30)31)23-13-16-7-3-5-9-19(16)25(23)22-12-15-6-2-4-8-18(15)24(20)22/h2-11,14,22-26H,12-13H2,1H3,(H,32,33)/t22-,23+,24-,25-,26+/m1/s1. The highest BCUT2D eigenvalue weighted by molar-refractivity contribution is 5.82. The van der Waals surface area contributed by atoms with Gasteiger partial charge in [-0.15, -0.1) is 0 Å². The summed E-state index contributed by atoms with van der Waals surface area (Å²) in [7, 11) is 1.55. The maximum atomic E-state index is 13.4. The normalized spacial score (nSPS) is 26.4. The maximum Gasteiger partial charge on any atom is 0.471 e. The Morgan fingerprint density at radius 1 is 0.853 bits per heavy atom. The highest BCUT2D eigenvalue weighted by Crippen LogP contribution is 2.60. The van der Waals surface area contributed by atoms with Crippen molar-refractivity contribution in [2.75, 3.05) is 7.11 Å². The highest BCUT2D eigenvalue weighted by Gasteiger charge is 2.52. The quantitative estimate of drug-likeness (QED) is 0.530. The third-order valence-corrected chi connectivity index (χ3v) is 8.00. The minimum absolute atomic E-state index is 0.0329. The molecule has 3 aromatic carbocycles. The van der Waals surface area contributed by atoms with Crippen molar-refractivity contribution in [1.29, 1.82) is 0 Å². The van der Waals surface area contributed by atoms with Gasteiger partial charge in [-0.2, -0.15) is 13.2 Å². The van der Waals surface area contributed by atoms with Crippen molar-refractivity contribution in [3.8, 4) is 5.75 Å². The Morgan fingerprint density at radius 3 is 2.21 bits per heavy atom. The fraction of sp³-hybridized carbons (Fsp3) is 0.321. The van der Waals surface area contributed by atoms with Crippen LogP contribution in [-0.4, -0.2) is 19.2 Å². The summed E-state index contributed by atoms with van der Waals surface area (Å²) in [5, 5.41) is 2.41. The van der Waals surface area contributed by atoms with Gasteiger partial charge in [0.05, 0.1) is 13.2 Å². The number of carbonyl (C=O) groups is 1.